The van der Waals surface area contributed by atoms with Gasteiger partial charge in [0.15, 0.2) is 0 Å². The summed E-state index contributed by atoms with van der Waals surface area (Å²) < 4.78 is 0. The molecular weight excluding hydrogens is 386 g/mol. The molecule has 3 N–H and O–H groups in total. The molecular formula is C21H27N5O2S. The molecule has 2 fully saturated rings. The summed E-state index contributed by atoms with van der Waals surface area (Å²) in [7, 11) is 0. The van der Waals surface area contributed by atoms with E-state index in [1.807, 2.05) is 12.1 Å². The number of fused-ring (bicyclic) bond motifs is 1. The van der Waals surface area contributed by atoms with Gasteiger partial charge in [-0.25, -0.2) is 0 Å². The van der Waals surface area contributed by atoms with Crippen LogP contribution in [-0.4, -0.2) is 52.9 Å². The highest BCUT2D eigenvalue weighted by Gasteiger charge is 2.43. The predicted molar refractivity (Wildman–Crippen MR) is 112 cm³/mol. The maximum absolute atomic E-state index is 12.3. The minimum Gasteiger partial charge on any atom is -0.353 e. The summed E-state index contributed by atoms with van der Waals surface area (Å²) >= 11 is 1.74. The molecule has 0 unspecified atom stereocenters. The van der Waals surface area contributed by atoms with Crippen LogP contribution < -0.4 is 16.0 Å². The maximum atomic E-state index is 12.3. The van der Waals surface area contributed by atoms with E-state index in [-0.39, 0.29) is 23.9 Å². The molecule has 2 saturated heterocycles. The molecule has 0 spiro atoms. The number of nitrogens with zero attached hydrogens (tertiary/aromatic N) is 2. The van der Waals surface area contributed by atoms with Gasteiger partial charge < -0.3 is 16.0 Å². The second kappa shape index (κ2) is 9.47. The first kappa shape index (κ1) is 20.0. The zero-order valence-corrected chi connectivity index (χ0v) is 17.2. The molecule has 0 bridgehead atoms. The molecule has 0 aliphatic carbocycles. The third kappa shape index (κ3) is 5.20. The summed E-state index contributed by atoms with van der Waals surface area (Å²) in [6.45, 7) is 2.80. The fourth-order valence-corrected chi connectivity index (χ4v) is 4.79. The number of nitrogens with one attached hydrogen (secondary N) is 3. The molecule has 7 nitrogen and oxygen atoms in total. The minimum absolute atomic E-state index is 0.0360. The lowest BCUT2D eigenvalue weighted by atomic mass is 10.0. The summed E-state index contributed by atoms with van der Waals surface area (Å²) in [6.07, 6.45) is 5.50. The number of hydrogen-bond donors (Lipinski definition) is 3. The highest BCUT2D eigenvalue weighted by molar-refractivity contribution is 7.09. The van der Waals surface area contributed by atoms with Crippen molar-refractivity contribution in [2.24, 2.45) is 0 Å². The summed E-state index contributed by atoms with van der Waals surface area (Å²) in [5.74, 6) is 0.150. The van der Waals surface area contributed by atoms with E-state index in [2.05, 4.69) is 43.3 Å². The summed E-state index contributed by atoms with van der Waals surface area (Å²) in [5, 5.41) is 11.7. The number of carbonyl (C=O) groups excluding carboxylic acids is 2. The normalized spacial score (nSPS) is 24.1. The number of rotatable bonds is 8. The van der Waals surface area contributed by atoms with E-state index in [9.17, 15) is 9.59 Å². The van der Waals surface area contributed by atoms with E-state index in [0.717, 1.165) is 31.5 Å². The summed E-state index contributed by atoms with van der Waals surface area (Å²) in [5.41, 5.74) is 0.991. The maximum Gasteiger partial charge on any atom is 0.237 e. The number of pyridine rings is 1. The molecule has 2 aliphatic heterocycles. The Labute approximate surface area is 174 Å². The second-order valence-electron chi connectivity index (χ2n) is 7.68. The van der Waals surface area contributed by atoms with E-state index < -0.39 is 0 Å². The first-order valence-corrected chi connectivity index (χ1v) is 11.0. The van der Waals surface area contributed by atoms with Crippen molar-refractivity contribution in [2.75, 3.05) is 13.1 Å². The van der Waals surface area contributed by atoms with Crippen LogP contribution >= 0.6 is 11.3 Å². The van der Waals surface area contributed by atoms with Crippen LogP contribution in [0.2, 0.25) is 0 Å². The molecule has 154 valence electrons. The van der Waals surface area contributed by atoms with Gasteiger partial charge in [-0.2, -0.15) is 0 Å². The highest BCUT2D eigenvalue weighted by atomic mass is 32.1. The lowest BCUT2D eigenvalue weighted by Crippen LogP contribution is -2.58. The average molecular weight is 414 g/mol. The van der Waals surface area contributed by atoms with Crippen LogP contribution in [0.15, 0.2) is 42.0 Å². The minimum atomic E-state index is -0.0898. The van der Waals surface area contributed by atoms with Gasteiger partial charge in [-0.15, -0.1) is 11.3 Å². The Morgan fingerprint density at radius 3 is 3.03 bits per heavy atom. The summed E-state index contributed by atoms with van der Waals surface area (Å²) in [6, 6.07) is 8.41. The standard InChI is InChI=1S/C21H27N5O2S/c27-20(24-11-15-3-1-7-22-10-15)6-5-17-12-25-21(28)19-9-16(14-26(17)19)23-13-18-4-2-8-29-18/h1-4,7-8,10,16-17,19,23H,5-6,9,11-14H2,(H,24,27)(H,25,28)/t16-,17+,19-/m0/s1. The van der Waals surface area contributed by atoms with E-state index in [0.29, 0.717) is 25.6 Å². The molecule has 3 atom stereocenters. The number of amides is 2. The van der Waals surface area contributed by atoms with Crippen molar-refractivity contribution in [1.82, 2.24) is 25.8 Å². The molecule has 0 aromatic carbocycles. The van der Waals surface area contributed by atoms with Crippen LogP contribution in [0.3, 0.4) is 0 Å². The molecule has 2 aromatic heterocycles. The van der Waals surface area contributed by atoms with Gasteiger partial charge in [-0.05, 0) is 35.9 Å². The third-order valence-electron chi connectivity index (χ3n) is 5.69. The van der Waals surface area contributed by atoms with Gasteiger partial charge in [-0.1, -0.05) is 12.1 Å². The smallest absolute Gasteiger partial charge is 0.237 e. The Hall–Kier alpha value is -2.29. The van der Waals surface area contributed by atoms with Crippen LogP contribution in [0.25, 0.3) is 0 Å². The van der Waals surface area contributed by atoms with Crippen molar-refractivity contribution >= 4 is 23.2 Å². The van der Waals surface area contributed by atoms with Gasteiger partial charge in [-0.3, -0.25) is 19.5 Å². The molecule has 29 heavy (non-hydrogen) atoms. The molecule has 4 rings (SSSR count). The largest absolute Gasteiger partial charge is 0.353 e. The molecule has 0 radical (unpaired) electrons. The van der Waals surface area contributed by atoms with E-state index in [1.165, 1.54) is 4.88 Å². The Balaban J connectivity index is 1.25. The Morgan fingerprint density at radius 2 is 2.24 bits per heavy atom. The fourth-order valence-electron chi connectivity index (χ4n) is 4.14. The van der Waals surface area contributed by atoms with Gasteiger partial charge in [0, 0.05) is 62.0 Å². The Bertz CT molecular complexity index is 814. The number of piperazine rings is 1. The number of thiophene rings is 1. The van der Waals surface area contributed by atoms with Gasteiger partial charge in [0.25, 0.3) is 0 Å². The molecule has 4 heterocycles. The van der Waals surface area contributed by atoms with Crippen molar-refractivity contribution in [3.05, 3.63) is 52.5 Å². The highest BCUT2D eigenvalue weighted by Crippen LogP contribution is 2.26. The van der Waals surface area contributed by atoms with Crippen LogP contribution in [0, 0.1) is 0 Å². The third-order valence-corrected chi connectivity index (χ3v) is 6.56. The SMILES string of the molecule is O=C(CC[C@@H]1CNC(=O)[C@@H]2C[C@H](NCc3cccs3)CN12)NCc1cccnc1. The zero-order chi connectivity index (χ0) is 20.1. The number of hydrogen-bond acceptors (Lipinski definition) is 6. The van der Waals surface area contributed by atoms with Crippen LogP contribution in [0.4, 0.5) is 0 Å². The first-order chi connectivity index (χ1) is 14.2. The topological polar surface area (TPSA) is 86.4 Å². The molecule has 8 heteroatoms. The Kier molecular flexibility index (Phi) is 6.53. The second-order valence-corrected chi connectivity index (χ2v) is 8.71. The van der Waals surface area contributed by atoms with Gasteiger partial charge in [0.2, 0.25) is 11.8 Å². The number of carbonyl (C=O) groups is 2. The Morgan fingerprint density at radius 1 is 1.31 bits per heavy atom. The van der Waals surface area contributed by atoms with Crippen molar-refractivity contribution in [3.63, 3.8) is 0 Å². The first-order valence-electron chi connectivity index (χ1n) is 10.1. The summed E-state index contributed by atoms with van der Waals surface area (Å²) in [4.78, 5) is 32.3. The quantitative estimate of drug-likeness (QED) is 0.607. The zero-order valence-electron chi connectivity index (χ0n) is 16.3. The van der Waals surface area contributed by atoms with E-state index in [1.54, 1.807) is 23.7 Å². The number of aromatic nitrogens is 1. The molecule has 2 amide bonds. The van der Waals surface area contributed by atoms with Gasteiger partial charge in [0.1, 0.15) is 0 Å². The molecule has 2 aromatic rings. The van der Waals surface area contributed by atoms with Crippen LogP contribution in [0.5, 0.6) is 0 Å². The van der Waals surface area contributed by atoms with Crippen molar-refractivity contribution < 1.29 is 9.59 Å². The van der Waals surface area contributed by atoms with Gasteiger partial charge >= 0.3 is 0 Å². The van der Waals surface area contributed by atoms with Crippen molar-refractivity contribution in [3.8, 4) is 0 Å². The fraction of sp³-hybridized carbons (Fsp3) is 0.476. The lowest BCUT2D eigenvalue weighted by molar-refractivity contribution is -0.129. The lowest BCUT2D eigenvalue weighted by Gasteiger charge is -2.37. The molecule has 2 aliphatic rings. The monoisotopic (exact) mass is 413 g/mol. The van der Waals surface area contributed by atoms with Crippen molar-refractivity contribution in [2.45, 2.75) is 50.5 Å². The van der Waals surface area contributed by atoms with E-state index >= 15 is 0 Å². The van der Waals surface area contributed by atoms with Crippen LogP contribution in [-0.2, 0) is 22.7 Å². The predicted octanol–water partition coefficient (Wildman–Crippen LogP) is 1.27. The van der Waals surface area contributed by atoms with E-state index in [4.69, 9.17) is 0 Å². The van der Waals surface area contributed by atoms with Crippen LogP contribution in [0.1, 0.15) is 29.7 Å². The molecule has 0 saturated carbocycles. The van der Waals surface area contributed by atoms with Gasteiger partial charge in [0.05, 0.1) is 6.04 Å². The van der Waals surface area contributed by atoms with Crippen molar-refractivity contribution in [1.29, 1.82) is 0 Å². The average Bonchev–Trinajstić information content (AvgIpc) is 3.41.